The van der Waals surface area contributed by atoms with Gasteiger partial charge in [-0.1, -0.05) is 26.0 Å². The van der Waals surface area contributed by atoms with Gasteiger partial charge in [-0.25, -0.2) is 0 Å². The molecule has 3 rings (SSSR count). The monoisotopic (exact) mass is 392 g/mol. The van der Waals surface area contributed by atoms with Gasteiger partial charge in [-0.2, -0.15) is 0 Å². The zero-order chi connectivity index (χ0) is 21.0. The van der Waals surface area contributed by atoms with Crippen LogP contribution in [0, 0.1) is 13.8 Å². The van der Waals surface area contributed by atoms with Crippen molar-refractivity contribution in [2.75, 3.05) is 0 Å². The summed E-state index contributed by atoms with van der Waals surface area (Å²) in [6.45, 7) is 8.17. The number of phenolic OH excluding ortho intramolecular Hbond substituents is 2. The van der Waals surface area contributed by atoms with Gasteiger partial charge in [0, 0.05) is 23.6 Å². The largest absolute Gasteiger partial charge is 0.507 e. The predicted octanol–water partition coefficient (Wildman–Crippen LogP) is 5.30. The molecule has 0 radical (unpaired) electrons. The normalized spacial score (nSPS) is 19.6. The number of aliphatic imine (C=N–C) groups is 2. The lowest BCUT2D eigenvalue weighted by atomic mass is 10.0. The molecule has 0 aliphatic heterocycles. The maximum absolute atomic E-state index is 10.5. The van der Waals surface area contributed by atoms with Gasteiger partial charge in [0.25, 0.3) is 0 Å². The van der Waals surface area contributed by atoms with Crippen LogP contribution in [0.15, 0.2) is 34.3 Å². The van der Waals surface area contributed by atoms with Crippen LogP contribution in [0.25, 0.3) is 0 Å². The highest BCUT2D eigenvalue weighted by molar-refractivity contribution is 5.85. The van der Waals surface area contributed by atoms with Crippen LogP contribution in [-0.2, 0) is 12.8 Å². The maximum Gasteiger partial charge on any atom is 0.127 e. The van der Waals surface area contributed by atoms with Crippen molar-refractivity contribution in [1.82, 2.24) is 0 Å². The van der Waals surface area contributed by atoms with E-state index in [1.165, 1.54) is 0 Å². The van der Waals surface area contributed by atoms with E-state index in [2.05, 4.69) is 0 Å². The molecule has 2 N–H and O–H groups in total. The van der Waals surface area contributed by atoms with Crippen LogP contribution in [0.4, 0.5) is 0 Å². The van der Waals surface area contributed by atoms with Crippen LogP contribution < -0.4 is 0 Å². The van der Waals surface area contributed by atoms with Gasteiger partial charge in [0.1, 0.15) is 11.5 Å². The summed E-state index contributed by atoms with van der Waals surface area (Å²) in [5.41, 5.74) is 5.72. The average molecular weight is 393 g/mol. The molecule has 2 unspecified atom stereocenters. The maximum atomic E-state index is 10.5. The number of benzene rings is 2. The van der Waals surface area contributed by atoms with Crippen LogP contribution in [-0.4, -0.2) is 34.7 Å². The number of rotatable bonds is 6. The number of aromatic hydroxyl groups is 2. The standard InChI is InChI=1S/C25H32N2O2/c1-5-18-10-16(3)12-20(24(18)28)14-26-22-8-7-9-23(22)27-15-21-13-17(4)11-19(6-2)25(21)29/h10-15,22-23,28-29H,5-9H2,1-4H3. The van der Waals surface area contributed by atoms with Crippen molar-refractivity contribution in [2.45, 2.75) is 71.9 Å². The molecular weight excluding hydrogens is 360 g/mol. The number of hydrogen-bond acceptors (Lipinski definition) is 4. The van der Waals surface area contributed by atoms with Gasteiger partial charge in [-0.3, -0.25) is 9.98 Å². The molecule has 0 bridgehead atoms. The first-order valence-electron chi connectivity index (χ1n) is 10.6. The van der Waals surface area contributed by atoms with Gasteiger partial charge < -0.3 is 10.2 Å². The van der Waals surface area contributed by atoms with E-state index in [0.29, 0.717) is 11.5 Å². The van der Waals surface area contributed by atoms with E-state index in [1.807, 2.05) is 52.0 Å². The minimum Gasteiger partial charge on any atom is -0.507 e. The van der Waals surface area contributed by atoms with Crippen LogP contribution in [0.1, 0.15) is 66.5 Å². The lowest BCUT2D eigenvalue weighted by molar-refractivity contribution is 0.467. The van der Waals surface area contributed by atoms with E-state index >= 15 is 0 Å². The summed E-state index contributed by atoms with van der Waals surface area (Å²) in [6.07, 6.45) is 8.27. The molecule has 29 heavy (non-hydrogen) atoms. The molecule has 1 aliphatic carbocycles. The van der Waals surface area contributed by atoms with Gasteiger partial charge in [-0.05, 0) is 80.3 Å². The van der Waals surface area contributed by atoms with Crippen LogP contribution in [0.2, 0.25) is 0 Å². The molecule has 2 aromatic carbocycles. The summed E-state index contributed by atoms with van der Waals surface area (Å²) < 4.78 is 0. The summed E-state index contributed by atoms with van der Waals surface area (Å²) in [5.74, 6) is 0.661. The van der Waals surface area contributed by atoms with Gasteiger partial charge >= 0.3 is 0 Å². The van der Waals surface area contributed by atoms with Crippen LogP contribution in [0.5, 0.6) is 11.5 Å². The Labute approximate surface area is 174 Å². The van der Waals surface area contributed by atoms with Crippen molar-refractivity contribution in [1.29, 1.82) is 0 Å². The SMILES string of the molecule is CCc1cc(C)cc(C=NC2CCCC2N=Cc2cc(C)cc(CC)c2O)c1O. The Morgan fingerprint density at radius 1 is 0.793 bits per heavy atom. The Kier molecular flexibility index (Phi) is 6.73. The van der Waals surface area contributed by atoms with Crippen molar-refractivity contribution in [2.24, 2.45) is 9.98 Å². The lowest BCUT2D eigenvalue weighted by Gasteiger charge is -2.13. The van der Waals surface area contributed by atoms with E-state index < -0.39 is 0 Å². The predicted molar refractivity (Wildman–Crippen MR) is 121 cm³/mol. The molecule has 1 fully saturated rings. The summed E-state index contributed by atoms with van der Waals surface area (Å²) in [7, 11) is 0. The highest BCUT2D eigenvalue weighted by atomic mass is 16.3. The van der Waals surface area contributed by atoms with Gasteiger partial charge in [-0.15, -0.1) is 0 Å². The minimum absolute atomic E-state index is 0.105. The molecule has 4 nitrogen and oxygen atoms in total. The molecule has 0 amide bonds. The third-order valence-corrected chi connectivity index (χ3v) is 5.74. The highest BCUT2D eigenvalue weighted by Gasteiger charge is 2.25. The van der Waals surface area contributed by atoms with Crippen molar-refractivity contribution >= 4 is 12.4 Å². The molecule has 2 aromatic rings. The number of aryl methyl sites for hydroxylation is 4. The summed E-state index contributed by atoms with van der Waals surface area (Å²) in [5, 5.41) is 20.9. The molecule has 154 valence electrons. The number of nitrogens with zero attached hydrogens (tertiary/aromatic N) is 2. The zero-order valence-electron chi connectivity index (χ0n) is 17.9. The molecule has 1 saturated carbocycles. The van der Waals surface area contributed by atoms with E-state index in [9.17, 15) is 10.2 Å². The molecule has 1 aliphatic rings. The van der Waals surface area contributed by atoms with E-state index in [-0.39, 0.29) is 12.1 Å². The molecule has 2 atom stereocenters. The Morgan fingerprint density at radius 3 is 1.59 bits per heavy atom. The summed E-state index contributed by atoms with van der Waals surface area (Å²) in [6, 6.07) is 8.20. The van der Waals surface area contributed by atoms with Gasteiger partial charge in [0.05, 0.1) is 12.1 Å². The molecule has 0 aromatic heterocycles. The van der Waals surface area contributed by atoms with Crippen molar-refractivity contribution < 1.29 is 10.2 Å². The van der Waals surface area contributed by atoms with E-state index in [1.54, 1.807) is 12.4 Å². The number of phenols is 2. The van der Waals surface area contributed by atoms with Crippen molar-refractivity contribution in [3.8, 4) is 11.5 Å². The molecule has 4 heteroatoms. The Hall–Kier alpha value is -2.62. The van der Waals surface area contributed by atoms with Crippen molar-refractivity contribution in [3.05, 3.63) is 57.6 Å². The third-order valence-electron chi connectivity index (χ3n) is 5.74. The van der Waals surface area contributed by atoms with E-state index in [4.69, 9.17) is 9.98 Å². The Bertz CT molecular complexity index is 855. The summed E-state index contributed by atoms with van der Waals surface area (Å²) >= 11 is 0. The first-order valence-corrected chi connectivity index (χ1v) is 10.6. The fourth-order valence-corrected chi connectivity index (χ4v) is 4.12. The quantitative estimate of drug-likeness (QED) is 0.655. The molecule has 0 saturated heterocycles. The minimum atomic E-state index is 0.105. The van der Waals surface area contributed by atoms with Crippen molar-refractivity contribution in [3.63, 3.8) is 0 Å². The molecule has 0 heterocycles. The second kappa shape index (κ2) is 9.25. The fourth-order valence-electron chi connectivity index (χ4n) is 4.12. The summed E-state index contributed by atoms with van der Waals surface area (Å²) in [4.78, 5) is 9.55. The second-order valence-electron chi connectivity index (χ2n) is 8.05. The molecular formula is C25H32N2O2. The van der Waals surface area contributed by atoms with Gasteiger partial charge in [0.2, 0.25) is 0 Å². The Balaban J connectivity index is 1.79. The average Bonchev–Trinajstić information content (AvgIpc) is 3.15. The lowest BCUT2D eigenvalue weighted by Crippen LogP contribution is -2.16. The highest BCUT2D eigenvalue weighted by Crippen LogP contribution is 2.28. The van der Waals surface area contributed by atoms with E-state index in [0.717, 1.165) is 65.5 Å². The topological polar surface area (TPSA) is 65.2 Å². The first kappa shape index (κ1) is 21.1. The zero-order valence-corrected chi connectivity index (χ0v) is 17.9. The fraction of sp³-hybridized carbons (Fsp3) is 0.440. The van der Waals surface area contributed by atoms with Crippen LogP contribution >= 0.6 is 0 Å². The van der Waals surface area contributed by atoms with Gasteiger partial charge in [0.15, 0.2) is 0 Å². The van der Waals surface area contributed by atoms with Crippen LogP contribution in [0.3, 0.4) is 0 Å². The first-order chi connectivity index (χ1) is 13.9. The number of hydrogen-bond donors (Lipinski definition) is 2. The Morgan fingerprint density at radius 2 is 1.21 bits per heavy atom. The smallest absolute Gasteiger partial charge is 0.127 e. The second-order valence-corrected chi connectivity index (χ2v) is 8.05. The third kappa shape index (κ3) is 4.87. The molecule has 0 spiro atoms.